The zero-order valence-electron chi connectivity index (χ0n) is 16.6. The van der Waals surface area contributed by atoms with Crippen LogP contribution in [0.4, 0.5) is 0 Å². The first-order valence-electron chi connectivity index (χ1n) is 10.1. The summed E-state index contributed by atoms with van der Waals surface area (Å²) in [6, 6.07) is 10.4. The van der Waals surface area contributed by atoms with Gasteiger partial charge < -0.3 is 9.72 Å². The average Bonchev–Trinajstić information content (AvgIpc) is 3.22. The Morgan fingerprint density at radius 3 is 2.82 bits per heavy atom. The summed E-state index contributed by atoms with van der Waals surface area (Å²) in [6.45, 7) is 4.09. The number of likely N-dealkylation sites (tertiary alicyclic amines) is 1. The molecule has 28 heavy (non-hydrogen) atoms. The summed E-state index contributed by atoms with van der Waals surface area (Å²) >= 11 is 0. The Morgan fingerprint density at radius 2 is 2.00 bits per heavy atom. The van der Waals surface area contributed by atoms with Crippen molar-refractivity contribution in [1.29, 1.82) is 0 Å². The quantitative estimate of drug-likeness (QED) is 0.761. The molecule has 146 valence electrons. The minimum atomic E-state index is 0.0874. The summed E-state index contributed by atoms with van der Waals surface area (Å²) in [5, 5.41) is 1.12. The number of hydrogen-bond donors (Lipinski definition) is 1. The van der Waals surface area contributed by atoms with Gasteiger partial charge in [0, 0.05) is 43.7 Å². The minimum absolute atomic E-state index is 0.0874. The monoisotopic (exact) mass is 377 g/mol. The average molecular weight is 377 g/mol. The molecule has 0 unspecified atom stereocenters. The van der Waals surface area contributed by atoms with Crippen molar-refractivity contribution in [3.05, 3.63) is 53.7 Å². The lowest BCUT2D eigenvalue weighted by Gasteiger charge is -2.49. The summed E-state index contributed by atoms with van der Waals surface area (Å²) < 4.78 is 5.49. The summed E-state index contributed by atoms with van der Waals surface area (Å²) in [5.74, 6) is 0.840. The second kappa shape index (κ2) is 6.87. The zero-order valence-corrected chi connectivity index (χ0v) is 16.6. The first-order valence-corrected chi connectivity index (χ1v) is 10.1. The molecule has 0 saturated carbocycles. The number of hydrogen-bond acceptors (Lipinski definition) is 5. The SMILES string of the molecule is COc1cccc2ccc(CN3CCC4(CC3)c3nc[nH]c3CCN4C)nc12. The number of nitrogens with zero attached hydrogens (tertiary/aromatic N) is 4. The van der Waals surface area contributed by atoms with Crippen LogP contribution in [-0.2, 0) is 18.5 Å². The number of aromatic amines is 1. The lowest BCUT2D eigenvalue weighted by Crippen LogP contribution is -2.54. The van der Waals surface area contributed by atoms with E-state index in [1.807, 2.05) is 18.5 Å². The number of ether oxygens (including phenoxy) is 1. The maximum absolute atomic E-state index is 5.49. The molecule has 1 N–H and O–H groups in total. The molecule has 1 saturated heterocycles. The Balaban J connectivity index is 1.34. The fourth-order valence-electron chi connectivity index (χ4n) is 4.93. The Bertz CT molecular complexity index is 990. The molecular formula is C22H27N5O. The van der Waals surface area contributed by atoms with E-state index in [2.05, 4.69) is 40.0 Å². The highest BCUT2D eigenvalue weighted by molar-refractivity contribution is 5.84. The molecule has 1 aromatic carbocycles. The van der Waals surface area contributed by atoms with Gasteiger partial charge in [-0.3, -0.25) is 9.80 Å². The van der Waals surface area contributed by atoms with E-state index < -0.39 is 0 Å². The highest BCUT2D eigenvalue weighted by atomic mass is 16.5. The number of pyridine rings is 1. The Kier molecular flexibility index (Phi) is 4.33. The third-order valence-electron chi connectivity index (χ3n) is 6.62. The number of H-pyrrole nitrogens is 1. The van der Waals surface area contributed by atoms with Gasteiger partial charge in [-0.25, -0.2) is 9.97 Å². The van der Waals surface area contributed by atoms with Gasteiger partial charge in [0.15, 0.2) is 0 Å². The number of aromatic nitrogens is 3. The molecule has 2 aliphatic heterocycles. The third kappa shape index (κ3) is 2.79. The van der Waals surface area contributed by atoms with Gasteiger partial charge in [0.2, 0.25) is 0 Å². The smallest absolute Gasteiger partial charge is 0.145 e. The number of fused-ring (bicyclic) bond motifs is 3. The molecule has 1 spiro atoms. The largest absolute Gasteiger partial charge is 0.494 e. The number of rotatable bonds is 3. The predicted molar refractivity (Wildman–Crippen MR) is 109 cm³/mol. The van der Waals surface area contributed by atoms with Crippen LogP contribution in [0.2, 0.25) is 0 Å². The minimum Gasteiger partial charge on any atom is -0.494 e. The fraction of sp³-hybridized carbons (Fsp3) is 0.455. The van der Waals surface area contributed by atoms with Gasteiger partial charge in [-0.15, -0.1) is 0 Å². The maximum Gasteiger partial charge on any atom is 0.145 e. The van der Waals surface area contributed by atoms with Crippen LogP contribution >= 0.6 is 0 Å². The Hall–Kier alpha value is -2.44. The highest BCUT2D eigenvalue weighted by Gasteiger charge is 2.44. The molecule has 0 bridgehead atoms. The number of para-hydroxylation sites is 1. The molecule has 1 fully saturated rings. The summed E-state index contributed by atoms with van der Waals surface area (Å²) in [7, 11) is 3.96. The van der Waals surface area contributed by atoms with E-state index in [9.17, 15) is 0 Å². The van der Waals surface area contributed by atoms with Crippen LogP contribution in [0.1, 0.15) is 29.9 Å². The predicted octanol–water partition coefficient (Wildman–Crippen LogP) is 2.95. The molecule has 0 radical (unpaired) electrons. The summed E-state index contributed by atoms with van der Waals surface area (Å²) in [5.41, 5.74) is 4.74. The highest BCUT2D eigenvalue weighted by Crippen LogP contribution is 2.41. The van der Waals surface area contributed by atoms with Gasteiger partial charge in [-0.1, -0.05) is 18.2 Å². The van der Waals surface area contributed by atoms with E-state index in [1.165, 1.54) is 11.4 Å². The number of likely N-dealkylation sites (N-methyl/N-ethyl adjacent to an activating group) is 1. The second-order valence-electron chi connectivity index (χ2n) is 8.04. The molecule has 6 nitrogen and oxygen atoms in total. The van der Waals surface area contributed by atoms with Crippen LogP contribution in [0.25, 0.3) is 10.9 Å². The van der Waals surface area contributed by atoms with E-state index in [0.717, 1.165) is 67.8 Å². The van der Waals surface area contributed by atoms with Crippen molar-refractivity contribution in [3.63, 3.8) is 0 Å². The first-order chi connectivity index (χ1) is 13.7. The topological polar surface area (TPSA) is 57.3 Å². The van der Waals surface area contributed by atoms with Crippen LogP contribution in [0, 0.1) is 0 Å². The molecule has 0 aliphatic carbocycles. The molecule has 4 heterocycles. The van der Waals surface area contributed by atoms with Crippen LogP contribution in [0.15, 0.2) is 36.7 Å². The standard InChI is InChI=1S/C22H27N5O/c1-26-11-8-18-21(24-15-23-18)22(26)9-12-27(13-10-22)14-17-7-6-16-4-3-5-19(28-2)20(16)25-17/h3-7,15H,8-14H2,1-2H3,(H,23,24). The number of benzene rings is 1. The zero-order chi connectivity index (χ0) is 19.1. The summed E-state index contributed by atoms with van der Waals surface area (Å²) in [6.07, 6.45) is 5.15. The first kappa shape index (κ1) is 17.6. The van der Waals surface area contributed by atoms with Gasteiger partial charge in [-0.2, -0.15) is 0 Å². The number of piperidine rings is 1. The number of imidazole rings is 1. The van der Waals surface area contributed by atoms with Crippen molar-refractivity contribution in [3.8, 4) is 5.75 Å². The van der Waals surface area contributed by atoms with Crippen molar-refractivity contribution in [2.45, 2.75) is 31.3 Å². The van der Waals surface area contributed by atoms with Gasteiger partial charge >= 0.3 is 0 Å². The molecule has 2 aliphatic rings. The Labute approximate surface area is 165 Å². The van der Waals surface area contributed by atoms with E-state index in [4.69, 9.17) is 14.7 Å². The molecule has 3 aromatic rings. The van der Waals surface area contributed by atoms with Crippen molar-refractivity contribution in [2.24, 2.45) is 0 Å². The van der Waals surface area contributed by atoms with E-state index in [-0.39, 0.29) is 5.54 Å². The van der Waals surface area contributed by atoms with E-state index in [1.54, 1.807) is 7.11 Å². The third-order valence-corrected chi connectivity index (χ3v) is 6.62. The molecule has 5 rings (SSSR count). The van der Waals surface area contributed by atoms with E-state index >= 15 is 0 Å². The summed E-state index contributed by atoms with van der Waals surface area (Å²) in [4.78, 5) is 18.0. The lowest BCUT2D eigenvalue weighted by atomic mass is 9.79. The van der Waals surface area contributed by atoms with Crippen LogP contribution < -0.4 is 4.74 Å². The van der Waals surface area contributed by atoms with Gasteiger partial charge in [0.1, 0.15) is 11.3 Å². The van der Waals surface area contributed by atoms with Gasteiger partial charge in [0.05, 0.1) is 30.4 Å². The van der Waals surface area contributed by atoms with Gasteiger partial charge in [-0.05, 0) is 32.0 Å². The molecule has 0 atom stereocenters. The lowest BCUT2D eigenvalue weighted by molar-refractivity contribution is 0.0218. The van der Waals surface area contributed by atoms with Crippen molar-refractivity contribution >= 4 is 10.9 Å². The number of nitrogens with one attached hydrogen (secondary N) is 1. The number of methoxy groups -OCH3 is 1. The molecule has 6 heteroatoms. The molecule has 0 amide bonds. The normalized spacial score (nSPS) is 19.8. The van der Waals surface area contributed by atoms with Gasteiger partial charge in [0.25, 0.3) is 0 Å². The fourth-order valence-corrected chi connectivity index (χ4v) is 4.93. The molecular weight excluding hydrogens is 350 g/mol. The van der Waals surface area contributed by atoms with Crippen molar-refractivity contribution in [1.82, 2.24) is 24.8 Å². The Morgan fingerprint density at radius 1 is 1.14 bits per heavy atom. The maximum atomic E-state index is 5.49. The second-order valence-corrected chi connectivity index (χ2v) is 8.04. The van der Waals surface area contributed by atoms with E-state index in [0.29, 0.717) is 0 Å². The van der Waals surface area contributed by atoms with Crippen LogP contribution in [-0.4, -0.2) is 58.5 Å². The van der Waals surface area contributed by atoms with Crippen LogP contribution in [0.3, 0.4) is 0 Å². The van der Waals surface area contributed by atoms with Crippen molar-refractivity contribution < 1.29 is 4.74 Å². The molecule has 2 aromatic heterocycles. The van der Waals surface area contributed by atoms with Crippen LogP contribution in [0.5, 0.6) is 5.75 Å². The van der Waals surface area contributed by atoms with Crippen molar-refractivity contribution in [2.75, 3.05) is 33.8 Å².